The van der Waals surface area contributed by atoms with E-state index in [2.05, 4.69) is 10.0 Å². The summed E-state index contributed by atoms with van der Waals surface area (Å²) in [6.45, 7) is 5.70. The maximum Gasteiger partial charge on any atom is 0.303 e. The zero-order valence-corrected chi connectivity index (χ0v) is 20.4. The molecule has 3 saturated heterocycles. The molecule has 3 unspecified atom stereocenters. The highest BCUT2D eigenvalue weighted by Gasteiger charge is 2.56. The third-order valence-electron chi connectivity index (χ3n) is 6.23. The summed E-state index contributed by atoms with van der Waals surface area (Å²) < 4.78 is 41.2. The number of hydrogen-bond donors (Lipinski definition) is 2. The van der Waals surface area contributed by atoms with Gasteiger partial charge in [-0.15, -0.1) is 0 Å². The number of azide groups is 1. The molecule has 3 heterocycles. The van der Waals surface area contributed by atoms with Crippen molar-refractivity contribution in [1.82, 2.24) is 0 Å². The molecule has 3 aliphatic heterocycles. The van der Waals surface area contributed by atoms with Crippen molar-refractivity contribution in [2.45, 2.75) is 108 Å². The number of fused-ring (bicyclic) bond motifs is 2. The van der Waals surface area contributed by atoms with Gasteiger partial charge in [-0.3, -0.25) is 4.79 Å². The minimum absolute atomic E-state index is 0.126. The van der Waals surface area contributed by atoms with Crippen molar-refractivity contribution in [1.29, 1.82) is 0 Å². The highest BCUT2D eigenvalue weighted by atomic mass is 16.8. The molecule has 200 valence electrons. The molecular formula is C22H37N3O10. The normalized spacial score (nSPS) is 38.7. The Bertz CT molecular complexity index is 724. The fourth-order valence-corrected chi connectivity index (χ4v) is 4.43. The van der Waals surface area contributed by atoms with Crippen LogP contribution >= 0.6 is 0 Å². The molecule has 2 N–H and O–H groups in total. The first kappa shape index (κ1) is 28.0. The van der Waals surface area contributed by atoms with Gasteiger partial charge in [0.1, 0.15) is 48.8 Å². The lowest BCUT2D eigenvalue weighted by molar-refractivity contribution is -0.342. The molecule has 0 aromatic heterocycles. The largest absolute Gasteiger partial charge is 0.459 e. The predicted octanol–water partition coefficient (Wildman–Crippen LogP) is 1.19. The summed E-state index contributed by atoms with van der Waals surface area (Å²) in [5.41, 5.74) is 9.05. The molecule has 0 aromatic rings. The van der Waals surface area contributed by atoms with Crippen molar-refractivity contribution in [3.63, 3.8) is 0 Å². The second kappa shape index (κ2) is 13.7. The van der Waals surface area contributed by atoms with Crippen molar-refractivity contribution < 1.29 is 48.2 Å². The Morgan fingerprint density at radius 2 is 1.77 bits per heavy atom. The zero-order chi connectivity index (χ0) is 25.4. The van der Waals surface area contributed by atoms with Crippen LogP contribution in [0, 0.1) is 0 Å². The van der Waals surface area contributed by atoms with Crippen LogP contribution in [0.5, 0.6) is 0 Å². The molecule has 35 heavy (non-hydrogen) atoms. The number of nitrogens with zero attached hydrogens (tertiary/aromatic N) is 3. The van der Waals surface area contributed by atoms with E-state index in [4.69, 9.17) is 38.7 Å². The summed E-state index contributed by atoms with van der Waals surface area (Å²) >= 11 is 0. The first-order valence-electron chi connectivity index (χ1n) is 12.3. The van der Waals surface area contributed by atoms with Crippen LogP contribution < -0.4 is 0 Å². The lowest BCUT2D eigenvalue weighted by Crippen LogP contribution is -2.64. The maximum atomic E-state index is 11.9. The molecule has 2 bridgehead atoms. The molecule has 0 aromatic carbocycles. The average Bonchev–Trinajstić information content (AvgIpc) is 3.27. The lowest BCUT2D eigenvalue weighted by atomic mass is 9.96. The topological polar surface area (TPSA) is 171 Å². The highest BCUT2D eigenvalue weighted by molar-refractivity contribution is 5.66. The monoisotopic (exact) mass is 503 g/mol. The van der Waals surface area contributed by atoms with E-state index in [1.54, 1.807) is 0 Å². The molecular weight excluding hydrogens is 466 g/mol. The third-order valence-corrected chi connectivity index (χ3v) is 6.23. The van der Waals surface area contributed by atoms with Gasteiger partial charge in [-0.1, -0.05) is 31.8 Å². The fourth-order valence-electron chi connectivity index (χ4n) is 4.43. The van der Waals surface area contributed by atoms with Gasteiger partial charge >= 0.3 is 5.97 Å². The van der Waals surface area contributed by atoms with Crippen molar-refractivity contribution >= 4 is 5.97 Å². The summed E-state index contributed by atoms with van der Waals surface area (Å²) in [6.07, 6.45) is -5.01. The number of hydrogen-bond acceptors (Lipinski definition) is 11. The average molecular weight is 504 g/mol. The lowest BCUT2D eigenvalue weighted by Gasteiger charge is -2.46. The number of unbranched alkanes of at least 4 members (excludes halogenated alkanes) is 2. The van der Waals surface area contributed by atoms with E-state index in [-0.39, 0.29) is 6.61 Å². The van der Waals surface area contributed by atoms with Crippen LogP contribution in [0.4, 0.5) is 0 Å². The Morgan fingerprint density at radius 3 is 2.37 bits per heavy atom. The molecule has 0 radical (unpaired) electrons. The van der Waals surface area contributed by atoms with Gasteiger partial charge in [0.15, 0.2) is 12.6 Å². The minimum Gasteiger partial charge on any atom is -0.459 e. The quantitative estimate of drug-likeness (QED) is 0.122. The first-order chi connectivity index (χ1) is 16.9. The number of ether oxygens (including phenoxy) is 7. The second-order valence-corrected chi connectivity index (χ2v) is 8.84. The smallest absolute Gasteiger partial charge is 0.303 e. The standard InChI is InChI=1S/C22H37N3O10/c1-4-6-8-29-19-16(28)13(10-26)33-22(20(19)30-9-7-5-2)35-17-14-11-31-21(34-14)15(24-25-23)18(17)32-12(3)27/h13-22,26,28H,4-11H2,1-3H3/t13-,14?,15-,16+,17+,18?,19?,20-,21+,22-/m0/s1. The van der Waals surface area contributed by atoms with E-state index in [1.165, 1.54) is 6.92 Å². The van der Waals surface area contributed by atoms with Crippen LogP contribution in [0.15, 0.2) is 5.11 Å². The Hall–Kier alpha value is -1.54. The number of aliphatic hydroxyl groups excluding tert-OH is 2. The molecule has 13 heteroatoms. The van der Waals surface area contributed by atoms with Crippen molar-refractivity contribution in [2.75, 3.05) is 26.4 Å². The van der Waals surface area contributed by atoms with E-state index < -0.39 is 73.9 Å². The van der Waals surface area contributed by atoms with E-state index >= 15 is 0 Å². The summed E-state index contributed by atoms with van der Waals surface area (Å²) in [6, 6.07) is -0.980. The van der Waals surface area contributed by atoms with Gasteiger partial charge in [0.05, 0.1) is 13.2 Å². The van der Waals surface area contributed by atoms with Crippen molar-refractivity contribution in [2.24, 2.45) is 5.11 Å². The van der Waals surface area contributed by atoms with E-state index in [1.807, 2.05) is 13.8 Å². The number of aliphatic hydroxyl groups is 2. The van der Waals surface area contributed by atoms with Crippen molar-refractivity contribution in [3.05, 3.63) is 10.4 Å². The molecule has 3 aliphatic rings. The number of esters is 1. The van der Waals surface area contributed by atoms with Crippen LogP contribution in [0.1, 0.15) is 46.5 Å². The second-order valence-electron chi connectivity index (χ2n) is 8.84. The molecule has 0 saturated carbocycles. The van der Waals surface area contributed by atoms with Crippen molar-refractivity contribution in [3.8, 4) is 0 Å². The number of carbonyl (C=O) groups is 1. The summed E-state index contributed by atoms with van der Waals surface area (Å²) in [5, 5.41) is 24.4. The van der Waals surface area contributed by atoms with Crippen LogP contribution in [0.25, 0.3) is 10.4 Å². The van der Waals surface area contributed by atoms with E-state index in [0.717, 1.165) is 25.7 Å². The molecule has 0 spiro atoms. The fraction of sp³-hybridized carbons (Fsp3) is 0.955. The van der Waals surface area contributed by atoms with Crippen LogP contribution in [0.2, 0.25) is 0 Å². The highest BCUT2D eigenvalue weighted by Crippen LogP contribution is 2.37. The van der Waals surface area contributed by atoms with Gasteiger partial charge in [0.2, 0.25) is 0 Å². The Kier molecular flexibility index (Phi) is 11.0. The maximum absolute atomic E-state index is 11.9. The molecule has 3 rings (SSSR count). The third kappa shape index (κ3) is 6.82. The van der Waals surface area contributed by atoms with E-state index in [9.17, 15) is 15.0 Å². The molecule has 0 aliphatic carbocycles. The summed E-state index contributed by atoms with van der Waals surface area (Å²) in [4.78, 5) is 14.7. The number of carbonyl (C=O) groups excluding carboxylic acids is 1. The minimum atomic E-state index is -1.15. The van der Waals surface area contributed by atoms with Gasteiger partial charge in [-0.25, -0.2) is 0 Å². The molecule has 3 fully saturated rings. The van der Waals surface area contributed by atoms with E-state index in [0.29, 0.717) is 13.2 Å². The molecule has 13 nitrogen and oxygen atoms in total. The Labute approximate surface area is 204 Å². The SMILES string of the molecule is CCCCOC1[C@H](O)[C@H](CO)O[C@@H](O[C@@H]2C3CO[C@H](O3)[C@@H](N=[N+]=[N-])C2OC(C)=O)[C@H]1OCCCC. The van der Waals surface area contributed by atoms with Gasteiger partial charge in [0, 0.05) is 25.0 Å². The Balaban J connectivity index is 1.88. The van der Waals surface area contributed by atoms with Gasteiger partial charge in [0.25, 0.3) is 0 Å². The van der Waals surface area contributed by atoms with Crippen LogP contribution in [-0.4, -0.2) is 104 Å². The predicted molar refractivity (Wildman–Crippen MR) is 119 cm³/mol. The number of rotatable bonds is 13. The zero-order valence-electron chi connectivity index (χ0n) is 20.4. The molecule has 0 amide bonds. The summed E-state index contributed by atoms with van der Waals surface area (Å²) in [5.74, 6) is -0.590. The van der Waals surface area contributed by atoms with Crippen LogP contribution in [-0.2, 0) is 38.0 Å². The van der Waals surface area contributed by atoms with Gasteiger partial charge < -0.3 is 43.4 Å². The Morgan fingerprint density at radius 1 is 1.09 bits per heavy atom. The summed E-state index contributed by atoms with van der Waals surface area (Å²) in [7, 11) is 0. The molecule has 10 atom stereocenters. The van der Waals surface area contributed by atoms with Crippen LogP contribution in [0.3, 0.4) is 0 Å². The van der Waals surface area contributed by atoms with Gasteiger partial charge in [-0.05, 0) is 18.4 Å². The van der Waals surface area contributed by atoms with Gasteiger partial charge in [-0.2, -0.15) is 0 Å². The first-order valence-corrected chi connectivity index (χ1v) is 12.3.